The fraction of sp³-hybridized carbons (Fsp3) is 0.737. The van der Waals surface area contributed by atoms with Crippen molar-refractivity contribution in [1.82, 2.24) is 9.88 Å². The van der Waals surface area contributed by atoms with Crippen LogP contribution >= 0.6 is 0 Å². The van der Waals surface area contributed by atoms with E-state index in [0.29, 0.717) is 12.1 Å². The van der Waals surface area contributed by atoms with E-state index >= 15 is 0 Å². The van der Waals surface area contributed by atoms with Crippen LogP contribution in [0.5, 0.6) is 0 Å². The maximum atomic E-state index is 4.69. The quantitative estimate of drug-likeness (QED) is 0.860. The molecule has 122 valence electrons. The van der Waals surface area contributed by atoms with Crippen molar-refractivity contribution in [2.45, 2.75) is 70.9 Å². The van der Waals surface area contributed by atoms with Gasteiger partial charge in [0.15, 0.2) is 0 Å². The van der Waals surface area contributed by atoms with E-state index in [0.717, 1.165) is 11.7 Å². The van der Waals surface area contributed by atoms with Gasteiger partial charge in [0.05, 0.1) is 0 Å². The number of aromatic nitrogens is 1. The van der Waals surface area contributed by atoms with E-state index in [1.807, 2.05) is 0 Å². The van der Waals surface area contributed by atoms with Crippen LogP contribution in [0.2, 0.25) is 0 Å². The summed E-state index contributed by atoms with van der Waals surface area (Å²) < 4.78 is 0. The standard InChI is InChI=1S/C19H31N3/c1-15(2)14-22-12-6-5-9-18(22)16-10-11-19(20-13-16)21-17-7-3-4-8-17/h10-11,13,15,17-18H,3-9,12,14H2,1-2H3,(H,20,21)/t18-/m0/s1. The second kappa shape index (κ2) is 7.45. The van der Waals surface area contributed by atoms with Gasteiger partial charge < -0.3 is 5.32 Å². The molecule has 22 heavy (non-hydrogen) atoms. The first-order chi connectivity index (χ1) is 10.7. The molecule has 1 aliphatic carbocycles. The Morgan fingerprint density at radius 3 is 2.59 bits per heavy atom. The molecule has 1 atom stereocenters. The summed E-state index contributed by atoms with van der Waals surface area (Å²) >= 11 is 0. The minimum absolute atomic E-state index is 0.573. The number of pyridine rings is 1. The molecule has 3 nitrogen and oxygen atoms in total. The van der Waals surface area contributed by atoms with Crippen molar-refractivity contribution in [2.24, 2.45) is 5.92 Å². The van der Waals surface area contributed by atoms with Crippen molar-refractivity contribution in [3.63, 3.8) is 0 Å². The van der Waals surface area contributed by atoms with E-state index in [-0.39, 0.29) is 0 Å². The summed E-state index contributed by atoms with van der Waals surface area (Å²) in [6, 6.07) is 5.71. The normalized spacial score (nSPS) is 24.0. The van der Waals surface area contributed by atoms with E-state index in [2.05, 4.69) is 42.4 Å². The molecular formula is C19H31N3. The van der Waals surface area contributed by atoms with E-state index < -0.39 is 0 Å². The van der Waals surface area contributed by atoms with Gasteiger partial charge in [0, 0.05) is 24.8 Å². The smallest absolute Gasteiger partial charge is 0.126 e. The average molecular weight is 301 g/mol. The topological polar surface area (TPSA) is 28.2 Å². The zero-order chi connectivity index (χ0) is 15.4. The molecule has 1 aromatic rings. The molecule has 1 saturated carbocycles. The van der Waals surface area contributed by atoms with Crippen molar-refractivity contribution >= 4 is 5.82 Å². The summed E-state index contributed by atoms with van der Waals surface area (Å²) in [6.45, 7) is 7.08. The highest BCUT2D eigenvalue weighted by atomic mass is 15.2. The molecule has 1 N–H and O–H groups in total. The first kappa shape index (κ1) is 15.8. The van der Waals surface area contributed by atoms with Gasteiger partial charge in [-0.15, -0.1) is 0 Å². The molecule has 0 radical (unpaired) electrons. The number of likely N-dealkylation sites (tertiary alicyclic amines) is 1. The Kier molecular flexibility index (Phi) is 5.35. The van der Waals surface area contributed by atoms with Crippen molar-refractivity contribution in [3.8, 4) is 0 Å². The average Bonchev–Trinajstić information content (AvgIpc) is 3.01. The Hall–Kier alpha value is -1.09. The molecule has 0 amide bonds. The van der Waals surface area contributed by atoms with Gasteiger partial charge in [0.25, 0.3) is 0 Å². The summed E-state index contributed by atoms with van der Waals surface area (Å²) in [6.07, 6.45) is 11.4. The Labute approximate surface area is 135 Å². The lowest BCUT2D eigenvalue weighted by atomic mass is 9.95. The highest BCUT2D eigenvalue weighted by Crippen LogP contribution is 2.31. The van der Waals surface area contributed by atoms with Crippen LogP contribution in [0.3, 0.4) is 0 Å². The van der Waals surface area contributed by atoms with Crippen LogP contribution < -0.4 is 5.32 Å². The van der Waals surface area contributed by atoms with Crippen LogP contribution in [0.15, 0.2) is 18.3 Å². The lowest BCUT2D eigenvalue weighted by molar-refractivity contribution is 0.132. The van der Waals surface area contributed by atoms with Crippen LogP contribution in [-0.2, 0) is 0 Å². The van der Waals surface area contributed by atoms with Gasteiger partial charge in [-0.1, -0.05) is 39.2 Å². The highest BCUT2D eigenvalue weighted by Gasteiger charge is 2.24. The number of piperidine rings is 1. The molecular weight excluding hydrogens is 270 g/mol. The van der Waals surface area contributed by atoms with Crippen LogP contribution in [0.25, 0.3) is 0 Å². The Bertz CT molecular complexity index is 448. The number of nitrogens with one attached hydrogen (secondary N) is 1. The molecule has 0 unspecified atom stereocenters. The number of hydrogen-bond donors (Lipinski definition) is 1. The maximum absolute atomic E-state index is 4.69. The first-order valence-corrected chi connectivity index (χ1v) is 9.19. The van der Waals surface area contributed by atoms with Gasteiger partial charge >= 0.3 is 0 Å². The van der Waals surface area contributed by atoms with E-state index in [9.17, 15) is 0 Å². The van der Waals surface area contributed by atoms with Gasteiger partial charge in [-0.25, -0.2) is 4.98 Å². The molecule has 1 saturated heterocycles. The lowest BCUT2D eigenvalue weighted by Crippen LogP contribution is -2.36. The Balaban J connectivity index is 1.64. The third-order valence-electron chi connectivity index (χ3n) is 5.09. The molecule has 2 heterocycles. The van der Waals surface area contributed by atoms with Gasteiger partial charge in [-0.3, -0.25) is 4.90 Å². The number of nitrogens with zero attached hydrogens (tertiary/aromatic N) is 2. The monoisotopic (exact) mass is 301 g/mol. The Morgan fingerprint density at radius 1 is 1.14 bits per heavy atom. The zero-order valence-corrected chi connectivity index (χ0v) is 14.2. The summed E-state index contributed by atoms with van der Waals surface area (Å²) in [5, 5.41) is 3.59. The molecule has 0 bridgehead atoms. The fourth-order valence-electron chi connectivity index (χ4n) is 4.02. The van der Waals surface area contributed by atoms with Crippen LogP contribution in [-0.4, -0.2) is 29.0 Å². The van der Waals surface area contributed by atoms with Gasteiger partial charge in [0.1, 0.15) is 5.82 Å². The summed E-state index contributed by atoms with van der Waals surface area (Å²) in [5.41, 5.74) is 1.40. The third kappa shape index (κ3) is 4.01. The van der Waals surface area contributed by atoms with Crippen molar-refractivity contribution in [1.29, 1.82) is 0 Å². The molecule has 0 spiro atoms. The molecule has 1 aliphatic heterocycles. The minimum Gasteiger partial charge on any atom is -0.367 e. The van der Waals surface area contributed by atoms with Crippen LogP contribution in [0, 0.1) is 5.92 Å². The SMILES string of the molecule is CC(C)CN1CCCC[C@H]1c1ccc(NC2CCCC2)nc1. The minimum atomic E-state index is 0.573. The van der Waals surface area contributed by atoms with Crippen LogP contribution in [0.1, 0.15) is 70.4 Å². The number of anilines is 1. The molecule has 2 aliphatic rings. The maximum Gasteiger partial charge on any atom is 0.126 e. The Morgan fingerprint density at radius 2 is 1.91 bits per heavy atom. The first-order valence-electron chi connectivity index (χ1n) is 9.19. The van der Waals surface area contributed by atoms with E-state index in [1.165, 1.54) is 63.6 Å². The molecule has 3 rings (SSSR count). The second-order valence-electron chi connectivity index (χ2n) is 7.50. The van der Waals surface area contributed by atoms with Crippen molar-refractivity contribution in [3.05, 3.63) is 23.9 Å². The van der Waals surface area contributed by atoms with E-state index in [1.54, 1.807) is 0 Å². The second-order valence-corrected chi connectivity index (χ2v) is 7.50. The highest BCUT2D eigenvalue weighted by molar-refractivity contribution is 5.37. The third-order valence-corrected chi connectivity index (χ3v) is 5.09. The van der Waals surface area contributed by atoms with Crippen molar-refractivity contribution < 1.29 is 0 Å². The van der Waals surface area contributed by atoms with E-state index in [4.69, 9.17) is 4.98 Å². The molecule has 2 fully saturated rings. The summed E-state index contributed by atoms with van der Waals surface area (Å²) in [5.74, 6) is 1.79. The fourth-order valence-corrected chi connectivity index (χ4v) is 4.02. The number of rotatable bonds is 5. The lowest BCUT2D eigenvalue weighted by Gasteiger charge is -2.37. The number of hydrogen-bond acceptors (Lipinski definition) is 3. The predicted molar refractivity (Wildman–Crippen MR) is 93.1 cm³/mol. The van der Waals surface area contributed by atoms with Gasteiger partial charge in [-0.2, -0.15) is 0 Å². The molecule has 1 aromatic heterocycles. The summed E-state index contributed by atoms with van der Waals surface area (Å²) in [7, 11) is 0. The largest absolute Gasteiger partial charge is 0.367 e. The van der Waals surface area contributed by atoms with Gasteiger partial charge in [0.2, 0.25) is 0 Å². The van der Waals surface area contributed by atoms with Crippen LogP contribution in [0.4, 0.5) is 5.82 Å². The zero-order valence-electron chi connectivity index (χ0n) is 14.2. The molecule has 3 heteroatoms. The van der Waals surface area contributed by atoms with Gasteiger partial charge in [-0.05, 0) is 49.8 Å². The summed E-state index contributed by atoms with van der Waals surface area (Å²) in [4.78, 5) is 7.36. The molecule has 0 aromatic carbocycles. The predicted octanol–water partition coefficient (Wildman–Crippen LogP) is 4.62. The van der Waals surface area contributed by atoms with Crippen molar-refractivity contribution in [2.75, 3.05) is 18.4 Å².